The molecule has 0 aromatic heterocycles. The van der Waals surface area contributed by atoms with Gasteiger partial charge in [-0.3, -0.25) is 10.2 Å². The lowest BCUT2D eigenvalue weighted by atomic mass is 10.2. The van der Waals surface area contributed by atoms with E-state index in [0.29, 0.717) is 12.2 Å². The van der Waals surface area contributed by atoms with Crippen molar-refractivity contribution < 1.29 is 9.59 Å². The molecule has 0 saturated carbocycles. The number of carbonyl (C=O) groups excluding carboxylic acids is 2. The van der Waals surface area contributed by atoms with Crippen molar-refractivity contribution >= 4 is 23.7 Å². The maximum atomic E-state index is 11.2. The number of carbonyl (C=O) groups is 2. The highest BCUT2D eigenvalue weighted by Crippen LogP contribution is 2.12. The number of nitrogens with one attached hydrogen (secondary N) is 2. The Morgan fingerprint density at radius 1 is 1.18 bits per heavy atom. The third-order valence-corrected chi connectivity index (χ3v) is 2.94. The lowest BCUT2D eigenvalue weighted by molar-refractivity contribution is -0.121. The number of primary amides is 1. The first-order valence-corrected chi connectivity index (χ1v) is 6.30. The van der Waals surface area contributed by atoms with Crippen molar-refractivity contribution in [2.45, 2.75) is 12.2 Å². The van der Waals surface area contributed by atoms with Crippen LogP contribution in [0.3, 0.4) is 0 Å². The van der Waals surface area contributed by atoms with Crippen molar-refractivity contribution in [3.8, 4) is 0 Å². The number of urea groups is 1. The van der Waals surface area contributed by atoms with Gasteiger partial charge in [-0.25, -0.2) is 10.2 Å². The third kappa shape index (κ3) is 6.47. The fraction of sp³-hybridized carbons (Fsp3) is 0.273. The molecule has 0 aliphatic rings. The van der Waals surface area contributed by atoms with Gasteiger partial charge in [-0.1, -0.05) is 30.3 Å². The number of hydrazine groups is 1. The van der Waals surface area contributed by atoms with Crippen molar-refractivity contribution in [1.82, 2.24) is 10.9 Å². The smallest absolute Gasteiger partial charge is 0.330 e. The minimum absolute atomic E-state index is 0.246. The van der Waals surface area contributed by atoms with E-state index < -0.39 is 6.03 Å². The fourth-order valence-electron chi connectivity index (χ4n) is 1.12. The zero-order valence-electron chi connectivity index (χ0n) is 9.31. The molecule has 1 aromatic rings. The summed E-state index contributed by atoms with van der Waals surface area (Å²) >= 11 is 1.66. The monoisotopic (exact) mass is 253 g/mol. The van der Waals surface area contributed by atoms with Gasteiger partial charge in [-0.15, -0.1) is 0 Å². The van der Waals surface area contributed by atoms with E-state index in [1.165, 1.54) is 5.56 Å². The topological polar surface area (TPSA) is 84.2 Å². The van der Waals surface area contributed by atoms with E-state index in [1.54, 1.807) is 11.8 Å². The van der Waals surface area contributed by atoms with Crippen LogP contribution in [0, 0.1) is 0 Å². The van der Waals surface area contributed by atoms with E-state index in [-0.39, 0.29) is 5.91 Å². The van der Waals surface area contributed by atoms with Gasteiger partial charge >= 0.3 is 6.03 Å². The average molecular weight is 253 g/mol. The first-order chi connectivity index (χ1) is 8.18. The standard InChI is InChI=1S/C11H15N3O2S/c12-11(16)14-13-10(15)6-7-17-8-9-4-2-1-3-5-9/h1-5H,6-8H2,(H,13,15)(H3,12,14,16). The second kappa shape index (κ2) is 7.56. The lowest BCUT2D eigenvalue weighted by Crippen LogP contribution is -2.44. The Balaban J connectivity index is 2.08. The molecular weight excluding hydrogens is 238 g/mol. The minimum atomic E-state index is -0.768. The number of amides is 3. The molecular formula is C11H15N3O2S. The highest BCUT2D eigenvalue weighted by Gasteiger charge is 2.01. The van der Waals surface area contributed by atoms with Gasteiger partial charge in [0.05, 0.1) is 0 Å². The maximum absolute atomic E-state index is 11.2. The van der Waals surface area contributed by atoms with Crippen LogP contribution in [0.5, 0.6) is 0 Å². The molecule has 0 aliphatic carbocycles. The molecule has 17 heavy (non-hydrogen) atoms. The number of hydrogen-bond acceptors (Lipinski definition) is 3. The van der Waals surface area contributed by atoms with Gasteiger partial charge in [0.2, 0.25) is 5.91 Å². The van der Waals surface area contributed by atoms with E-state index in [2.05, 4.69) is 5.43 Å². The Hall–Kier alpha value is -1.69. The molecule has 92 valence electrons. The van der Waals surface area contributed by atoms with E-state index in [0.717, 1.165) is 5.75 Å². The van der Waals surface area contributed by atoms with Gasteiger partial charge in [0.25, 0.3) is 0 Å². The Kier molecular flexibility index (Phi) is 5.95. The van der Waals surface area contributed by atoms with Crippen LogP contribution in [-0.4, -0.2) is 17.7 Å². The lowest BCUT2D eigenvalue weighted by Gasteiger charge is -2.04. The SMILES string of the molecule is NC(=O)NNC(=O)CCSCc1ccccc1. The zero-order chi connectivity index (χ0) is 12.5. The average Bonchev–Trinajstić information content (AvgIpc) is 2.33. The zero-order valence-corrected chi connectivity index (χ0v) is 10.1. The van der Waals surface area contributed by atoms with Crippen molar-refractivity contribution in [2.75, 3.05) is 5.75 Å². The molecule has 0 fully saturated rings. The summed E-state index contributed by atoms with van der Waals surface area (Å²) < 4.78 is 0. The number of benzene rings is 1. The van der Waals surface area contributed by atoms with Crippen LogP contribution < -0.4 is 16.6 Å². The molecule has 0 spiro atoms. The fourth-order valence-corrected chi connectivity index (χ4v) is 2.03. The van der Waals surface area contributed by atoms with E-state index in [1.807, 2.05) is 35.8 Å². The first-order valence-electron chi connectivity index (χ1n) is 5.14. The highest BCUT2D eigenvalue weighted by atomic mass is 32.2. The molecule has 0 bridgehead atoms. The van der Waals surface area contributed by atoms with Gasteiger partial charge in [0, 0.05) is 17.9 Å². The van der Waals surface area contributed by atoms with Crippen LogP contribution in [0.15, 0.2) is 30.3 Å². The summed E-state index contributed by atoms with van der Waals surface area (Å²) in [5.41, 5.74) is 10.3. The Morgan fingerprint density at radius 2 is 1.88 bits per heavy atom. The van der Waals surface area contributed by atoms with Gasteiger partial charge in [0.15, 0.2) is 0 Å². The molecule has 3 amide bonds. The summed E-state index contributed by atoms with van der Waals surface area (Å²) in [7, 11) is 0. The molecule has 0 heterocycles. The Morgan fingerprint density at radius 3 is 2.53 bits per heavy atom. The summed E-state index contributed by atoms with van der Waals surface area (Å²) in [6.45, 7) is 0. The second-order valence-electron chi connectivity index (χ2n) is 3.33. The van der Waals surface area contributed by atoms with Crippen LogP contribution in [0.2, 0.25) is 0 Å². The Bertz CT molecular complexity index is 370. The summed E-state index contributed by atoms with van der Waals surface area (Å²) in [6.07, 6.45) is 0.345. The van der Waals surface area contributed by atoms with E-state index in [9.17, 15) is 9.59 Å². The van der Waals surface area contributed by atoms with E-state index in [4.69, 9.17) is 5.73 Å². The van der Waals surface area contributed by atoms with Crippen LogP contribution in [-0.2, 0) is 10.5 Å². The number of hydrogen-bond donors (Lipinski definition) is 3. The van der Waals surface area contributed by atoms with Crippen LogP contribution in [0.25, 0.3) is 0 Å². The van der Waals surface area contributed by atoms with Gasteiger partial charge < -0.3 is 5.73 Å². The summed E-state index contributed by atoms with van der Waals surface area (Å²) in [5, 5.41) is 0. The number of rotatable bonds is 5. The summed E-state index contributed by atoms with van der Waals surface area (Å²) in [6, 6.07) is 9.26. The second-order valence-corrected chi connectivity index (χ2v) is 4.43. The molecule has 1 rings (SSSR count). The highest BCUT2D eigenvalue weighted by molar-refractivity contribution is 7.98. The number of nitrogens with two attached hydrogens (primary N) is 1. The molecule has 4 N–H and O–H groups in total. The van der Waals surface area contributed by atoms with Gasteiger partial charge in [-0.2, -0.15) is 11.8 Å². The molecule has 1 aromatic carbocycles. The summed E-state index contributed by atoms with van der Waals surface area (Å²) in [4.78, 5) is 21.5. The minimum Gasteiger partial charge on any atom is -0.350 e. The van der Waals surface area contributed by atoms with Crippen LogP contribution in [0.1, 0.15) is 12.0 Å². The van der Waals surface area contributed by atoms with Crippen molar-refractivity contribution in [1.29, 1.82) is 0 Å². The molecule has 0 unspecified atom stereocenters. The van der Waals surface area contributed by atoms with Crippen molar-refractivity contribution in [3.63, 3.8) is 0 Å². The van der Waals surface area contributed by atoms with Crippen molar-refractivity contribution in [3.05, 3.63) is 35.9 Å². The quantitative estimate of drug-likeness (QED) is 0.541. The predicted molar refractivity (Wildman–Crippen MR) is 68.1 cm³/mol. The van der Waals surface area contributed by atoms with E-state index >= 15 is 0 Å². The molecule has 0 radical (unpaired) electrons. The van der Waals surface area contributed by atoms with Gasteiger partial charge in [-0.05, 0) is 5.56 Å². The largest absolute Gasteiger partial charge is 0.350 e. The molecule has 0 aliphatic heterocycles. The number of thioether (sulfide) groups is 1. The normalized spacial score (nSPS) is 9.65. The van der Waals surface area contributed by atoms with Gasteiger partial charge in [0.1, 0.15) is 0 Å². The molecule has 5 nitrogen and oxygen atoms in total. The molecule has 0 saturated heterocycles. The third-order valence-electron chi connectivity index (χ3n) is 1.91. The summed E-state index contributed by atoms with van der Waals surface area (Å²) in [5.74, 6) is 1.32. The maximum Gasteiger partial charge on any atom is 0.330 e. The predicted octanol–water partition coefficient (Wildman–Crippen LogP) is 1.01. The van der Waals surface area contributed by atoms with Crippen molar-refractivity contribution in [2.24, 2.45) is 5.73 Å². The molecule has 6 heteroatoms. The first kappa shape index (κ1) is 13.4. The molecule has 0 atom stereocenters. The van der Waals surface area contributed by atoms with Crippen LogP contribution in [0.4, 0.5) is 4.79 Å². The Labute approximate surface area is 104 Å². The van der Waals surface area contributed by atoms with Crippen LogP contribution >= 0.6 is 11.8 Å².